The molecule has 0 spiro atoms. The molecule has 2 aromatic rings. The van der Waals surface area contributed by atoms with Crippen molar-refractivity contribution in [2.75, 3.05) is 19.7 Å². The number of nitrogens with zero attached hydrogens (tertiary/aromatic N) is 1. The summed E-state index contributed by atoms with van der Waals surface area (Å²) in [5.74, 6) is 0.674. The van der Waals surface area contributed by atoms with E-state index in [4.69, 9.17) is 9.15 Å². The number of hydrogen-bond acceptors (Lipinski definition) is 4. The minimum atomic E-state index is -0.465. The Labute approximate surface area is 172 Å². The predicted octanol–water partition coefficient (Wildman–Crippen LogP) is 3.77. The molecule has 1 aromatic heterocycles. The lowest BCUT2D eigenvalue weighted by atomic mass is 9.87. The number of benzene rings is 1. The maximum absolute atomic E-state index is 12.7. The second kappa shape index (κ2) is 9.16. The molecule has 2 amide bonds. The number of likely N-dealkylation sites (tertiary alicyclic amines) is 1. The normalized spacial score (nSPS) is 17.1. The summed E-state index contributed by atoms with van der Waals surface area (Å²) in [4.78, 5) is 26.9. The number of piperidine rings is 1. The number of nitrogens with one attached hydrogen (secondary N) is 1. The molecule has 1 aliphatic heterocycles. The minimum absolute atomic E-state index is 0.103. The zero-order chi connectivity index (χ0) is 20.9. The third-order valence-electron chi connectivity index (χ3n) is 5.19. The Morgan fingerprint density at radius 2 is 1.93 bits per heavy atom. The lowest BCUT2D eigenvalue weighted by Crippen LogP contribution is -2.52. The van der Waals surface area contributed by atoms with E-state index in [9.17, 15) is 9.59 Å². The van der Waals surface area contributed by atoms with Crippen LogP contribution in [-0.2, 0) is 10.2 Å². The van der Waals surface area contributed by atoms with Crippen LogP contribution in [0.15, 0.2) is 47.1 Å². The van der Waals surface area contributed by atoms with Gasteiger partial charge in [0.05, 0.1) is 12.8 Å². The van der Waals surface area contributed by atoms with E-state index in [1.165, 1.54) is 11.8 Å². The molecule has 3 rings (SSSR count). The van der Waals surface area contributed by atoms with Crippen molar-refractivity contribution >= 4 is 11.8 Å². The lowest BCUT2D eigenvalue weighted by molar-refractivity contribution is -0.126. The second-order valence-corrected chi connectivity index (χ2v) is 8.40. The van der Waals surface area contributed by atoms with Gasteiger partial charge in [-0.3, -0.25) is 9.59 Å². The smallest absolute Gasteiger partial charge is 0.290 e. The van der Waals surface area contributed by atoms with Crippen LogP contribution in [0.3, 0.4) is 0 Å². The van der Waals surface area contributed by atoms with Gasteiger partial charge in [-0.15, -0.1) is 0 Å². The lowest BCUT2D eigenvalue weighted by Gasteiger charge is -2.34. The van der Waals surface area contributed by atoms with E-state index >= 15 is 0 Å². The Morgan fingerprint density at radius 3 is 2.59 bits per heavy atom. The monoisotopic (exact) mass is 398 g/mol. The van der Waals surface area contributed by atoms with E-state index in [1.807, 2.05) is 12.1 Å². The van der Waals surface area contributed by atoms with Gasteiger partial charge in [-0.25, -0.2) is 0 Å². The van der Waals surface area contributed by atoms with Crippen LogP contribution < -0.4 is 10.1 Å². The highest BCUT2D eigenvalue weighted by atomic mass is 16.5. The molecular formula is C23H30N2O4. The average molecular weight is 399 g/mol. The zero-order valence-corrected chi connectivity index (χ0v) is 17.4. The highest BCUT2D eigenvalue weighted by Crippen LogP contribution is 2.24. The van der Waals surface area contributed by atoms with Gasteiger partial charge in [-0.05, 0) is 54.5 Å². The molecule has 0 saturated carbocycles. The van der Waals surface area contributed by atoms with Crippen LogP contribution in [0.1, 0.15) is 56.2 Å². The number of furan rings is 1. The summed E-state index contributed by atoms with van der Waals surface area (Å²) in [6.07, 6.45) is 3.95. The molecule has 156 valence electrons. The predicted molar refractivity (Wildman–Crippen MR) is 111 cm³/mol. The first-order chi connectivity index (χ1) is 13.9. The molecule has 6 nitrogen and oxygen atoms in total. The van der Waals surface area contributed by atoms with Crippen molar-refractivity contribution in [1.82, 2.24) is 10.2 Å². The van der Waals surface area contributed by atoms with Gasteiger partial charge in [0, 0.05) is 6.54 Å². The summed E-state index contributed by atoms with van der Waals surface area (Å²) in [7, 11) is 0. The highest BCUT2D eigenvalue weighted by molar-refractivity contribution is 5.95. The molecule has 1 atom stereocenters. The van der Waals surface area contributed by atoms with Gasteiger partial charge in [0.2, 0.25) is 5.91 Å². The van der Waals surface area contributed by atoms with E-state index in [-0.39, 0.29) is 23.0 Å². The van der Waals surface area contributed by atoms with Crippen LogP contribution in [0.5, 0.6) is 5.75 Å². The molecule has 1 fully saturated rings. The quantitative estimate of drug-likeness (QED) is 0.752. The third kappa shape index (κ3) is 5.40. The molecule has 6 heteroatoms. The molecule has 0 aliphatic carbocycles. The first-order valence-electron chi connectivity index (χ1n) is 10.2. The van der Waals surface area contributed by atoms with Gasteiger partial charge < -0.3 is 19.4 Å². The van der Waals surface area contributed by atoms with Crippen molar-refractivity contribution in [3.8, 4) is 5.75 Å². The van der Waals surface area contributed by atoms with Crippen molar-refractivity contribution in [2.24, 2.45) is 0 Å². The van der Waals surface area contributed by atoms with E-state index < -0.39 is 6.04 Å². The van der Waals surface area contributed by atoms with Crippen LogP contribution in [0, 0.1) is 0 Å². The number of ether oxygens (including phenoxy) is 1. The molecule has 1 aromatic carbocycles. The van der Waals surface area contributed by atoms with Crippen LogP contribution in [-0.4, -0.2) is 42.5 Å². The molecule has 1 aliphatic rings. The van der Waals surface area contributed by atoms with Crippen LogP contribution in [0.2, 0.25) is 0 Å². The fourth-order valence-corrected chi connectivity index (χ4v) is 3.50. The summed E-state index contributed by atoms with van der Waals surface area (Å²) in [5, 5.41) is 2.90. The first kappa shape index (κ1) is 21.0. The summed E-state index contributed by atoms with van der Waals surface area (Å²) in [6.45, 7) is 7.84. The Bertz CT molecular complexity index is 806. The van der Waals surface area contributed by atoms with E-state index in [2.05, 4.69) is 38.2 Å². The van der Waals surface area contributed by atoms with Crippen LogP contribution in [0.25, 0.3) is 0 Å². The van der Waals surface area contributed by atoms with Crippen molar-refractivity contribution in [3.05, 3.63) is 54.0 Å². The largest absolute Gasteiger partial charge is 0.492 e. The van der Waals surface area contributed by atoms with Crippen molar-refractivity contribution in [1.29, 1.82) is 0 Å². The third-order valence-corrected chi connectivity index (χ3v) is 5.19. The molecular weight excluding hydrogens is 368 g/mol. The maximum atomic E-state index is 12.7. The number of hydrogen-bond donors (Lipinski definition) is 1. The van der Waals surface area contributed by atoms with Crippen molar-refractivity contribution < 1.29 is 18.7 Å². The minimum Gasteiger partial charge on any atom is -0.492 e. The highest BCUT2D eigenvalue weighted by Gasteiger charge is 2.33. The molecule has 1 unspecified atom stereocenters. The fraction of sp³-hybridized carbons (Fsp3) is 0.478. The van der Waals surface area contributed by atoms with Gasteiger partial charge in [-0.1, -0.05) is 32.9 Å². The standard InChI is InChI=1S/C23H30N2O4/c1-23(2,3)17-9-11-18(12-10-17)28-16-13-24-21(26)19-7-4-5-14-25(19)22(27)20-8-6-15-29-20/h6,8-12,15,19H,4-5,7,13-14,16H2,1-3H3,(H,24,26). The Morgan fingerprint density at radius 1 is 1.17 bits per heavy atom. The summed E-state index contributed by atoms with van der Waals surface area (Å²) >= 11 is 0. The number of carbonyl (C=O) groups excluding carboxylic acids is 2. The van der Waals surface area contributed by atoms with E-state index in [0.29, 0.717) is 26.1 Å². The van der Waals surface area contributed by atoms with Crippen LogP contribution in [0.4, 0.5) is 0 Å². The van der Waals surface area contributed by atoms with Crippen molar-refractivity contribution in [2.45, 2.75) is 51.5 Å². The van der Waals surface area contributed by atoms with Crippen molar-refractivity contribution in [3.63, 3.8) is 0 Å². The van der Waals surface area contributed by atoms with Gasteiger partial charge in [0.1, 0.15) is 18.4 Å². The van der Waals surface area contributed by atoms with Gasteiger partial charge in [0.15, 0.2) is 5.76 Å². The first-order valence-corrected chi connectivity index (χ1v) is 10.2. The number of rotatable bonds is 6. The maximum Gasteiger partial charge on any atom is 0.290 e. The van der Waals surface area contributed by atoms with E-state index in [1.54, 1.807) is 17.0 Å². The zero-order valence-electron chi connectivity index (χ0n) is 17.4. The molecule has 29 heavy (non-hydrogen) atoms. The number of amides is 2. The number of carbonyl (C=O) groups is 2. The SMILES string of the molecule is CC(C)(C)c1ccc(OCCNC(=O)C2CCCCN2C(=O)c2ccco2)cc1. The second-order valence-electron chi connectivity index (χ2n) is 8.40. The van der Waals surface area contributed by atoms with Gasteiger partial charge in [0.25, 0.3) is 5.91 Å². The summed E-state index contributed by atoms with van der Waals surface area (Å²) in [5.41, 5.74) is 1.35. The molecule has 1 saturated heterocycles. The average Bonchev–Trinajstić information content (AvgIpc) is 3.25. The Kier molecular flexibility index (Phi) is 6.62. The van der Waals surface area contributed by atoms with Crippen LogP contribution >= 0.6 is 0 Å². The molecule has 0 radical (unpaired) electrons. The van der Waals surface area contributed by atoms with Gasteiger partial charge in [-0.2, -0.15) is 0 Å². The summed E-state index contributed by atoms with van der Waals surface area (Å²) in [6, 6.07) is 10.9. The summed E-state index contributed by atoms with van der Waals surface area (Å²) < 4.78 is 10.9. The Hall–Kier alpha value is -2.76. The fourth-order valence-electron chi connectivity index (χ4n) is 3.50. The Balaban J connectivity index is 1.48. The molecule has 2 heterocycles. The topological polar surface area (TPSA) is 71.8 Å². The van der Waals surface area contributed by atoms with Gasteiger partial charge >= 0.3 is 0 Å². The molecule has 0 bridgehead atoms. The molecule has 1 N–H and O–H groups in total. The van der Waals surface area contributed by atoms with E-state index in [0.717, 1.165) is 18.6 Å².